The summed E-state index contributed by atoms with van der Waals surface area (Å²) in [6.07, 6.45) is 2.94. The zero-order valence-corrected chi connectivity index (χ0v) is 4.33. The Morgan fingerprint density at radius 2 is 1.67 bits per heavy atom. The molecule has 0 spiro atoms. The van der Waals surface area contributed by atoms with Crippen LogP contribution in [0.4, 0.5) is 0 Å². The van der Waals surface area contributed by atoms with Gasteiger partial charge < -0.3 is 0 Å². The van der Waals surface area contributed by atoms with Gasteiger partial charge in [0.2, 0.25) is 0 Å². The highest BCUT2D eigenvalue weighted by Gasteiger charge is 1.95. The lowest BCUT2D eigenvalue weighted by Gasteiger charge is -1.67. The van der Waals surface area contributed by atoms with Crippen LogP contribution < -0.4 is 0 Å². The van der Waals surface area contributed by atoms with Gasteiger partial charge in [0.05, 0.1) is 0 Å². The topological polar surface area (TPSA) is 0 Å². The van der Waals surface area contributed by atoms with E-state index in [0.29, 0.717) is 0 Å². The molecule has 0 unspecified atom stereocenters. The van der Waals surface area contributed by atoms with Crippen LogP contribution >= 0.6 is 0 Å². The molecule has 1 aliphatic carbocycles. The van der Waals surface area contributed by atoms with Crippen LogP contribution in [-0.4, -0.2) is 0 Å². The molecule has 0 heteroatoms. The van der Waals surface area contributed by atoms with Crippen LogP contribution in [0.25, 0.3) is 0 Å². The van der Waals surface area contributed by atoms with Gasteiger partial charge in [0, 0.05) is 4.11 Å². The third-order valence-electron chi connectivity index (χ3n) is 0.957. The number of hydrogen-bond acceptors (Lipinski definition) is 0. The van der Waals surface area contributed by atoms with Crippen molar-refractivity contribution in [1.29, 1.82) is 0 Å². The summed E-state index contributed by atoms with van der Waals surface area (Å²) in [5.74, 6) is 0. The lowest BCUT2D eigenvalue weighted by atomic mass is 10.4. The molecule has 0 aromatic heterocycles. The molecule has 1 fully saturated rings. The third kappa shape index (κ3) is 1.44. The van der Waals surface area contributed by atoms with E-state index >= 15 is 0 Å². The van der Waals surface area contributed by atoms with E-state index in [-0.39, 0.29) is 0 Å². The molecule has 0 aromatic rings. The fourth-order valence-electron chi connectivity index (χ4n) is 0.625. The van der Waals surface area contributed by atoms with Gasteiger partial charge in [-0.15, -0.1) is 0 Å². The van der Waals surface area contributed by atoms with Crippen molar-refractivity contribution < 1.29 is 4.11 Å². The molecule has 0 saturated heterocycles. The second kappa shape index (κ2) is 3.20. The van der Waals surface area contributed by atoms with E-state index in [1.807, 2.05) is 0 Å². The maximum atomic E-state index is 7.15. The number of hydrogen-bond donors (Lipinski definition) is 0. The van der Waals surface area contributed by atoms with Crippen molar-refractivity contribution in [2.75, 3.05) is 0 Å². The molecule has 0 heterocycles. The zero-order chi connectivity index (χ0) is 7.33. The third-order valence-corrected chi connectivity index (χ3v) is 0.957. The monoisotopic (exact) mass is 89.1 g/mol. The highest BCUT2D eigenvalue weighted by Crippen LogP contribution is 2.15. The van der Waals surface area contributed by atoms with Crippen LogP contribution in [0, 0.1) is 0 Å². The molecule has 1 saturated carbocycles. The van der Waals surface area contributed by atoms with E-state index in [1.165, 1.54) is 7.40 Å². The summed E-state index contributed by atoms with van der Waals surface area (Å²) in [6.45, 7) is 0. The van der Waals surface area contributed by atoms with E-state index in [1.54, 1.807) is 0 Å². The Balaban J connectivity index is 0.000000291. The first-order valence-electron chi connectivity index (χ1n) is 4.21. The second-order valence-electron chi connectivity index (χ2n) is 1.46. The Morgan fingerprint density at radius 3 is 1.83 bits per heavy atom. The molecule has 0 bridgehead atoms. The molecule has 0 N–H and O–H groups in total. The van der Waals surface area contributed by atoms with E-state index in [0.717, 1.165) is 25.7 Å². The summed E-state index contributed by atoms with van der Waals surface area (Å²) < 4.78 is 20.1. The minimum Gasteiger partial charge on any atom is -0.0776 e. The van der Waals surface area contributed by atoms with E-state index in [4.69, 9.17) is 4.11 Å². The molecule has 38 valence electrons. The molecule has 0 atom stereocenters. The fraction of sp³-hybridized carbons (Fsp3) is 1.00. The molecule has 1 rings (SSSR count). The summed E-state index contributed by atoms with van der Waals surface area (Å²) in [6, 6.07) is 0. The summed E-state index contributed by atoms with van der Waals surface area (Å²) >= 11 is 0. The smallest absolute Gasteiger partial charge is 0.0267 e. The van der Waals surface area contributed by atoms with Gasteiger partial charge in [-0.3, -0.25) is 0 Å². The first kappa shape index (κ1) is 2.34. The van der Waals surface area contributed by atoms with Gasteiger partial charge in [0.25, 0.3) is 0 Å². The lowest BCUT2D eigenvalue weighted by molar-refractivity contribution is 0.886. The highest BCUT2D eigenvalue weighted by molar-refractivity contribution is 4.51. The minimum atomic E-state index is -0.806. The second-order valence-corrected chi connectivity index (χ2v) is 1.46. The molecular formula is C6H14. The average Bonchev–Trinajstić information content (AvgIpc) is 2.19. The van der Waals surface area contributed by atoms with Gasteiger partial charge in [-0.1, -0.05) is 39.5 Å². The van der Waals surface area contributed by atoms with Crippen molar-refractivity contribution in [1.82, 2.24) is 0 Å². The van der Waals surface area contributed by atoms with Gasteiger partial charge >= 0.3 is 0 Å². The van der Waals surface area contributed by atoms with Crippen molar-refractivity contribution >= 4 is 0 Å². The largest absolute Gasteiger partial charge is 0.0776 e. The first-order valence-corrected chi connectivity index (χ1v) is 2.21. The van der Waals surface area contributed by atoms with Crippen LogP contribution in [0.2, 0.25) is 0 Å². The van der Waals surface area contributed by atoms with Crippen LogP contribution in [0.5, 0.6) is 0 Å². The van der Waals surface area contributed by atoms with Gasteiger partial charge in [-0.2, -0.15) is 0 Å². The normalized spacial score (nSPS) is 34.5. The van der Waals surface area contributed by atoms with E-state index in [9.17, 15) is 0 Å². The standard InChI is InChI=1S/C5H10.CH4/c1-2-4-5-3-1;/h1-5H2;1H4/i1D2;1D. The predicted octanol–water partition coefficient (Wildman–Crippen LogP) is 2.59. The van der Waals surface area contributed by atoms with Gasteiger partial charge in [0.1, 0.15) is 0 Å². The van der Waals surface area contributed by atoms with Gasteiger partial charge in [0.15, 0.2) is 0 Å². The maximum Gasteiger partial charge on any atom is 0.0267 e. The molecule has 0 aromatic carbocycles. The Morgan fingerprint density at radius 1 is 1.17 bits per heavy atom. The van der Waals surface area contributed by atoms with Crippen molar-refractivity contribution in [3.8, 4) is 0 Å². The molecule has 0 radical (unpaired) electrons. The predicted molar refractivity (Wildman–Crippen MR) is 29.8 cm³/mol. The van der Waals surface area contributed by atoms with Crippen LogP contribution in [0.3, 0.4) is 0 Å². The molecule has 6 heavy (non-hydrogen) atoms. The zero-order valence-electron chi connectivity index (χ0n) is 7.33. The molecule has 0 nitrogen and oxygen atoms in total. The van der Waals surface area contributed by atoms with Crippen LogP contribution in [0.15, 0.2) is 0 Å². The van der Waals surface area contributed by atoms with E-state index < -0.39 is 6.37 Å². The Kier molecular flexibility index (Phi) is 1.25. The van der Waals surface area contributed by atoms with Crippen LogP contribution in [-0.2, 0) is 0 Å². The lowest BCUT2D eigenvalue weighted by Crippen LogP contribution is -1.47. The Hall–Kier alpha value is 0. The quantitative estimate of drug-likeness (QED) is 0.428. The summed E-state index contributed by atoms with van der Waals surface area (Å²) in [7, 11) is 1.25. The van der Waals surface area contributed by atoms with Crippen molar-refractivity contribution in [2.45, 2.75) is 39.5 Å². The van der Waals surface area contributed by atoms with Crippen molar-refractivity contribution in [3.05, 3.63) is 0 Å². The summed E-state index contributed by atoms with van der Waals surface area (Å²) in [4.78, 5) is 0. The average molecular weight is 89.2 g/mol. The van der Waals surface area contributed by atoms with Crippen molar-refractivity contribution in [3.63, 3.8) is 0 Å². The molecular weight excluding hydrogens is 72.1 g/mol. The Bertz CT molecular complexity index is 62.7. The summed E-state index contributed by atoms with van der Waals surface area (Å²) in [5, 5.41) is 0. The first-order chi connectivity index (χ1) is 4.21. The highest BCUT2D eigenvalue weighted by atomic mass is 14.0. The molecule has 0 amide bonds. The van der Waals surface area contributed by atoms with Gasteiger partial charge in [-0.05, 0) is 0 Å². The molecule has 1 aliphatic rings. The van der Waals surface area contributed by atoms with Crippen molar-refractivity contribution in [2.24, 2.45) is 0 Å². The fourth-order valence-corrected chi connectivity index (χ4v) is 0.625. The van der Waals surface area contributed by atoms with Crippen LogP contribution in [0.1, 0.15) is 43.6 Å². The van der Waals surface area contributed by atoms with Gasteiger partial charge in [-0.25, -0.2) is 0 Å². The maximum absolute atomic E-state index is 7.15. The summed E-state index contributed by atoms with van der Waals surface area (Å²) in [5.41, 5.74) is 0. The SMILES string of the molecule is [2H]C.[2H]C1([2H])CCCC1. The number of rotatable bonds is 0. The minimum absolute atomic E-state index is 0.785. The molecule has 0 aliphatic heterocycles. The Labute approximate surface area is 44.8 Å². The van der Waals surface area contributed by atoms with E-state index in [2.05, 4.69) is 0 Å².